The number of rotatable bonds is 28. The van der Waals surface area contributed by atoms with Gasteiger partial charge in [-0.25, -0.2) is 0 Å². The third kappa shape index (κ3) is 23.2. The maximum absolute atomic E-state index is 12.5. The molecule has 0 bridgehead atoms. The summed E-state index contributed by atoms with van der Waals surface area (Å²) in [5.41, 5.74) is 53.8. The number of carbonyl (C=O) groups excluding carboxylic acids is 5. The van der Waals surface area contributed by atoms with E-state index >= 15 is 0 Å². The molecule has 10 N–H and O–H groups in total. The molecule has 0 aliphatic carbocycles. The topological polar surface area (TPSA) is 394 Å². The Hall–Kier alpha value is -18.0. The number of carbonyl (C=O) groups is 5. The minimum Gasteiger partial charge on any atom is -0.497 e. The maximum Gasteiger partial charge on any atom is 0.226 e. The number of nitrogens with two attached hydrogens (primary N) is 5. The number of benzene rings is 10. The first-order chi connectivity index (χ1) is 66.7. The summed E-state index contributed by atoms with van der Waals surface area (Å²) >= 11 is 0. The standard InChI is InChI=1S/3C22H20N4O2.C22H20N4O.C21H18N4O/c1-28-19-5-2-4-16(14-19)13-18(27)12-15-8-10-17(11-9-15)20-6-3-7-21-24-25-22(23)26(20)21;1-28-20-7-3-2-5-17(20)14-18(27)13-15-9-11-16(12-10-15)19-6-4-8-21-24-25-22(23)26(19)21;1-28-19-11-7-16(8-12-19)14-18(27)13-15-5-9-17(10-6-15)20-3-2-4-21-24-25-22(23)26(20)21;1-15-4-2-5-17(12-15)14-19(27)13-16-8-10-18(11-9-16)20-6-3-7-21-24-25-22(23)26(20)21;22-21-24-23-20-8-4-7-19(25(20)21)17-11-9-16(10-12-17)14-18(26)13-15-5-2-1-3-6-15/h2-11,14H,12-13H2,1H3,(H2,23,25);2*2-12H,13-14H2,1H3,(H2,23,25);2-12H,13-14H2,1H3,(H2,23,25);1-12H,13-14H2,(H2,22,24). The molecular formula is C109H98N20O8. The third-order valence-electron chi connectivity index (χ3n) is 22.9. The van der Waals surface area contributed by atoms with Crippen molar-refractivity contribution in [2.45, 2.75) is 71.1 Å². The van der Waals surface area contributed by atoms with Gasteiger partial charge in [0.2, 0.25) is 29.7 Å². The van der Waals surface area contributed by atoms with Gasteiger partial charge in [0.05, 0.1) is 49.8 Å². The molecule has 0 aliphatic rings. The SMILES string of the molecule is COc1ccc(CC(=O)Cc2ccc(-c3cccc4nnc(N)n34)cc2)cc1.COc1cccc(CC(=O)Cc2ccc(-c3cccc4nnc(N)n34)cc2)c1.COc1ccccc1CC(=O)Cc1ccc(-c2cccc3nnc(N)n23)cc1.Cc1cccc(CC(=O)Cc2ccc(-c3cccc4nnc(N)n34)cc2)c1.Nc1nnc2cccc(-c3ccc(CC(=O)Cc4ccccc4)cc3)n12. The molecule has 0 saturated carbocycles. The summed E-state index contributed by atoms with van der Waals surface area (Å²) in [4.78, 5) is 62.0. The number of aryl methyl sites for hydroxylation is 1. The van der Waals surface area contributed by atoms with Crippen molar-refractivity contribution in [2.24, 2.45) is 0 Å². The lowest BCUT2D eigenvalue weighted by atomic mass is 10.0. The molecule has 10 heterocycles. The van der Waals surface area contributed by atoms with Gasteiger partial charge in [-0.2, -0.15) is 0 Å². The highest BCUT2D eigenvalue weighted by molar-refractivity contribution is 5.87. The number of ketones is 5. The number of pyridine rings is 5. The van der Waals surface area contributed by atoms with Gasteiger partial charge in [-0.1, -0.05) is 254 Å². The fourth-order valence-corrected chi connectivity index (χ4v) is 16.3. The van der Waals surface area contributed by atoms with E-state index < -0.39 is 0 Å². The van der Waals surface area contributed by atoms with Gasteiger partial charge >= 0.3 is 0 Å². The van der Waals surface area contributed by atoms with E-state index in [1.807, 2.05) is 363 Å². The number of ether oxygens (including phenoxy) is 3. The Morgan fingerprint density at radius 1 is 0.226 bits per heavy atom. The molecular weight excluding hydrogens is 1720 g/mol. The van der Waals surface area contributed by atoms with Crippen LogP contribution in [-0.4, -0.2) is 123 Å². The van der Waals surface area contributed by atoms with Crippen LogP contribution in [0.2, 0.25) is 0 Å². The van der Waals surface area contributed by atoms with Gasteiger partial charge in [-0.05, 0) is 176 Å². The molecule has 28 heteroatoms. The Labute approximate surface area is 789 Å². The summed E-state index contributed by atoms with van der Waals surface area (Å²) < 4.78 is 24.7. The Bertz CT molecular complexity index is 7650. The second-order valence-electron chi connectivity index (χ2n) is 32.7. The van der Waals surface area contributed by atoms with Crippen LogP contribution in [0.15, 0.2) is 340 Å². The van der Waals surface area contributed by atoms with Gasteiger partial charge in [0, 0.05) is 69.8 Å². The number of nitrogen functional groups attached to an aromatic ring is 5. The molecule has 20 rings (SSSR count). The average molecular weight is 1820 g/mol. The number of hydrogen-bond acceptors (Lipinski definition) is 23. The van der Waals surface area contributed by atoms with Crippen molar-refractivity contribution < 1.29 is 38.2 Å². The van der Waals surface area contributed by atoms with Crippen LogP contribution in [0.4, 0.5) is 29.7 Å². The summed E-state index contributed by atoms with van der Waals surface area (Å²) in [5, 5.41) is 39.9. The Kier molecular flexibility index (Phi) is 29.2. The number of aromatic nitrogens is 15. The fraction of sp³-hybridized carbons (Fsp3) is 0.128. The molecule has 10 aromatic carbocycles. The summed E-state index contributed by atoms with van der Waals surface area (Å²) in [6, 6.07) is 109. The highest BCUT2D eigenvalue weighted by Crippen LogP contribution is 2.31. The van der Waals surface area contributed by atoms with Crippen LogP contribution in [0.5, 0.6) is 17.2 Å². The first kappa shape index (κ1) is 92.3. The van der Waals surface area contributed by atoms with E-state index in [-0.39, 0.29) is 28.9 Å². The normalized spacial score (nSPS) is 10.9. The Morgan fingerprint density at radius 3 is 0.774 bits per heavy atom. The number of methoxy groups -OCH3 is 3. The van der Waals surface area contributed by atoms with Crippen LogP contribution in [0.1, 0.15) is 61.2 Å². The highest BCUT2D eigenvalue weighted by Gasteiger charge is 2.19. The minimum atomic E-state index is 0.141. The van der Waals surface area contributed by atoms with E-state index in [0.717, 1.165) is 129 Å². The molecule has 0 atom stereocenters. The van der Waals surface area contributed by atoms with Crippen molar-refractivity contribution >= 4 is 86.9 Å². The number of hydrogen-bond donors (Lipinski definition) is 5. The highest BCUT2D eigenvalue weighted by atomic mass is 16.5. The average Bonchev–Trinajstić information content (AvgIpc) is 1.69. The molecule has 0 saturated heterocycles. The Morgan fingerprint density at radius 2 is 0.474 bits per heavy atom. The first-order valence-electron chi connectivity index (χ1n) is 44.2. The summed E-state index contributed by atoms with van der Waals surface area (Å²) in [7, 11) is 4.86. The van der Waals surface area contributed by atoms with Crippen molar-refractivity contribution in [3.63, 3.8) is 0 Å². The largest absolute Gasteiger partial charge is 0.497 e. The smallest absolute Gasteiger partial charge is 0.226 e. The second kappa shape index (κ2) is 43.4. The zero-order valence-electron chi connectivity index (χ0n) is 75.8. The zero-order valence-corrected chi connectivity index (χ0v) is 75.8. The monoisotopic (exact) mass is 1810 g/mol. The number of anilines is 5. The number of nitrogens with zero attached hydrogens (tertiary/aromatic N) is 15. The lowest BCUT2D eigenvalue weighted by molar-refractivity contribution is -0.118. The number of fused-ring (bicyclic) bond motifs is 5. The van der Waals surface area contributed by atoms with Crippen LogP contribution < -0.4 is 42.9 Å². The van der Waals surface area contributed by atoms with Crippen LogP contribution in [-0.2, 0) is 88.2 Å². The van der Waals surface area contributed by atoms with Gasteiger partial charge in [0.25, 0.3) is 0 Å². The van der Waals surface area contributed by atoms with Gasteiger partial charge in [-0.15, -0.1) is 51.0 Å². The molecule has 137 heavy (non-hydrogen) atoms. The molecule has 0 aliphatic heterocycles. The summed E-state index contributed by atoms with van der Waals surface area (Å²) in [5.74, 6) is 4.94. The zero-order chi connectivity index (χ0) is 95.3. The van der Waals surface area contributed by atoms with Crippen molar-refractivity contribution in [3.05, 3.63) is 401 Å². The van der Waals surface area contributed by atoms with Gasteiger partial charge in [0.15, 0.2) is 28.2 Å². The second-order valence-corrected chi connectivity index (χ2v) is 32.7. The number of Topliss-reactive ketones (excluding diaryl/α,β-unsaturated/α-hetero) is 5. The molecule has 0 unspecified atom stereocenters. The lowest BCUT2D eigenvalue weighted by Gasteiger charge is -2.09. The van der Waals surface area contributed by atoms with Crippen molar-refractivity contribution in [1.82, 2.24) is 73.0 Å². The van der Waals surface area contributed by atoms with Crippen LogP contribution in [0.3, 0.4) is 0 Å². The summed E-state index contributed by atoms with van der Waals surface area (Å²) in [6.45, 7) is 2.04. The molecule has 10 aromatic heterocycles. The molecule has 28 nitrogen and oxygen atoms in total. The predicted octanol–water partition coefficient (Wildman–Crippen LogP) is 17.0. The fourth-order valence-electron chi connectivity index (χ4n) is 16.3. The van der Waals surface area contributed by atoms with Crippen LogP contribution in [0.25, 0.3) is 84.5 Å². The summed E-state index contributed by atoms with van der Waals surface area (Å²) in [6.07, 6.45) is 4.06. The van der Waals surface area contributed by atoms with Crippen molar-refractivity contribution in [2.75, 3.05) is 50.0 Å². The third-order valence-corrected chi connectivity index (χ3v) is 22.9. The number of para-hydroxylation sites is 1. The van der Waals surface area contributed by atoms with E-state index in [1.54, 1.807) is 21.3 Å². The maximum atomic E-state index is 12.5. The van der Waals surface area contributed by atoms with E-state index in [0.29, 0.717) is 122 Å². The van der Waals surface area contributed by atoms with Gasteiger partial charge in [-0.3, -0.25) is 46.0 Å². The van der Waals surface area contributed by atoms with Crippen LogP contribution in [0, 0.1) is 6.92 Å². The first-order valence-corrected chi connectivity index (χ1v) is 44.2. The molecule has 0 fully saturated rings. The van der Waals surface area contributed by atoms with Gasteiger partial charge in [0.1, 0.15) is 46.2 Å². The predicted molar refractivity (Wildman–Crippen MR) is 533 cm³/mol. The van der Waals surface area contributed by atoms with E-state index in [2.05, 4.69) is 57.1 Å². The van der Waals surface area contributed by atoms with E-state index in [4.69, 9.17) is 42.9 Å². The lowest BCUT2D eigenvalue weighted by Crippen LogP contribution is -2.07. The molecule has 0 spiro atoms. The van der Waals surface area contributed by atoms with E-state index in [9.17, 15) is 24.0 Å². The van der Waals surface area contributed by atoms with Gasteiger partial charge < -0.3 is 42.9 Å². The minimum absolute atomic E-state index is 0.141. The van der Waals surface area contributed by atoms with Crippen LogP contribution >= 0.6 is 0 Å². The molecule has 0 amide bonds. The van der Waals surface area contributed by atoms with E-state index in [1.165, 1.54) is 5.56 Å². The van der Waals surface area contributed by atoms with Crippen molar-refractivity contribution in [1.29, 1.82) is 0 Å². The molecule has 0 radical (unpaired) electrons. The molecule has 20 aromatic rings. The van der Waals surface area contributed by atoms with Crippen molar-refractivity contribution in [3.8, 4) is 73.5 Å². The Balaban J connectivity index is 0.000000124. The quantitative estimate of drug-likeness (QED) is 0.0304. The molecule has 682 valence electrons.